The van der Waals surface area contributed by atoms with Crippen LogP contribution in [-0.2, 0) is 7.05 Å². The zero-order valence-electron chi connectivity index (χ0n) is 11.7. The molecule has 0 aliphatic heterocycles. The summed E-state index contributed by atoms with van der Waals surface area (Å²) in [6.07, 6.45) is 3.48. The third-order valence-electron chi connectivity index (χ3n) is 3.54. The molecule has 0 atom stereocenters. The third-order valence-corrected chi connectivity index (χ3v) is 3.54. The maximum absolute atomic E-state index is 10.9. The normalized spacial score (nSPS) is 14.4. The van der Waals surface area contributed by atoms with Crippen LogP contribution in [-0.4, -0.2) is 40.3 Å². The van der Waals surface area contributed by atoms with Gasteiger partial charge in [-0.05, 0) is 29.9 Å². The van der Waals surface area contributed by atoms with Crippen LogP contribution in [0.15, 0.2) is 18.3 Å². The molecule has 112 valence electrons. The van der Waals surface area contributed by atoms with Crippen molar-refractivity contribution in [3.8, 4) is 11.6 Å². The van der Waals surface area contributed by atoms with Crippen LogP contribution in [0.4, 0.5) is 11.6 Å². The van der Waals surface area contributed by atoms with Gasteiger partial charge in [-0.2, -0.15) is 4.52 Å². The molecule has 3 aromatic heterocycles. The molecule has 1 aliphatic rings. The first-order valence-corrected chi connectivity index (χ1v) is 6.79. The number of nitro groups is 1. The van der Waals surface area contributed by atoms with Crippen LogP contribution in [0.2, 0.25) is 0 Å². The molecule has 0 unspecified atom stereocenters. The van der Waals surface area contributed by atoms with E-state index in [1.54, 1.807) is 13.1 Å². The molecule has 10 nitrogen and oxygen atoms in total. The fourth-order valence-electron chi connectivity index (χ4n) is 2.22. The minimum absolute atomic E-state index is 0.112. The summed E-state index contributed by atoms with van der Waals surface area (Å²) in [6, 6.07) is 4.11. The first-order chi connectivity index (χ1) is 10.6. The summed E-state index contributed by atoms with van der Waals surface area (Å²) >= 11 is 0. The molecule has 10 heteroatoms. The van der Waals surface area contributed by atoms with Gasteiger partial charge in [0.05, 0.1) is 7.05 Å². The van der Waals surface area contributed by atoms with Crippen molar-refractivity contribution in [3.05, 3.63) is 28.4 Å². The lowest BCUT2D eigenvalue weighted by atomic mass is 10.5. The van der Waals surface area contributed by atoms with Crippen LogP contribution in [0.1, 0.15) is 12.8 Å². The molecule has 1 N–H and O–H groups in total. The second-order valence-electron chi connectivity index (χ2n) is 5.19. The van der Waals surface area contributed by atoms with E-state index in [-0.39, 0.29) is 5.82 Å². The number of imidazole rings is 1. The lowest BCUT2D eigenvalue weighted by Crippen LogP contribution is -2.07. The SMILES string of the molecule is Cn1c([N+](=O)[O-])cnc1-c1nnc2ccc(NC3CC3)nn12. The van der Waals surface area contributed by atoms with Gasteiger partial charge < -0.3 is 15.4 Å². The van der Waals surface area contributed by atoms with Crippen molar-refractivity contribution in [2.75, 3.05) is 5.32 Å². The first-order valence-electron chi connectivity index (χ1n) is 6.79. The van der Waals surface area contributed by atoms with Crippen LogP contribution in [0, 0.1) is 10.1 Å². The van der Waals surface area contributed by atoms with Crippen molar-refractivity contribution < 1.29 is 4.92 Å². The average molecular weight is 300 g/mol. The van der Waals surface area contributed by atoms with Crippen molar-refractivity contribution in [2.45, 2.75) is 18.9 Å². The quantitative estimate of drug-likeness (QED) is 0.564. The average Bonchev–Trinajstić information content (AvgIpc) is 3.07. The molecule has 0 spiro atoms. The largest absolute Gasteiger partial charge is 0.366 e. The van der Waals surface area contributed by atoms with Crippen molar-refractivity contribution >= 4 is 17.3 Å². The van der Waals surface area contributed by atoms with Gasteiger partial charge in [-0.15, -0.1) is 15.3 Å². The summed E-state index contributed by atoms with van der Waals surface area (Å²) in [7, 11) is 1.56. The predicted molar refractivity (Wildman–Crippen MR) is 76.3 cm³/mol. The molecule has 0 bridgehead atoms. The van der Waals surface area contributed by atoms with Gasteiger partial charge in [0, 0.05) is 6.04 Å². The van der Waals surface area contributed by atoms with Crippen LogP contribution in [0.5, 0.6) is 0 Å². The minimum atomic E-state index is -0.493. The summed E-state index contributed by atoms with van der Waals surface area (Å²) in [4.78, 5) is 14.5. The Balaban J connectivity index is 1.82. The van der Waals surface area contributed by atoms with E-state index < -0.39 is 4.92 Å². The summed E-state index contributed by atoms with van der Waals surface area (Å²) in [5, 5.41) is 26.7. The molecule has 1 fully saturated rings. The topological polar surface area (TPSA) is 116 Å². The number of anilines is 1. The maximum Gasteiger partial charge on any atom is 0.343 e. The summed E-state index contributed by atoms with van der Waals surface area (Å²) in [6.45, 7) is 0. The Kier molecular flexibility index (Phi) is 2.58. The van der Waals surface area contributed by atoms with Gasteiger partial charge in [0.25, 0.3) is 5.82 Å². The number of hydrogen-bond acceptors (Lipinski definition) is 7. The Bertz CT molecular complexity index is 879. The first kappa shape index (κ1) is 12.7. The van der Waals surface area contributed by atoms with E-state index in [4.69, 9.17) is 0 Å². The Hall–Kier alpha value is -3.04. The maximum atomic E-state index is 10.9. The lowest BCUT2D eigenvalue weighted by molar-refractivity contribution is -0.391. The number of aromatic nitrogens is 6. The van der Waals surface area contributed by atoms with Gasteiger partial charge in [-0.1, -0.05) is 0 Å². The fraction of sp³-hybridized carbons (Fsp3) is 0.333. The van der Waals surface area contributed by atoms with E-state index in [1.807, 2.05) is 6.07 Å². The third kappa shape index (κ3) is 1.96. The van der Waals surface area contributed by atoms with Gasteiger partial charge in [-0.3, -0.25) is 0 Å². The van der Waals surface area contributed by atoms with E-state index in [9.17, 15) is 10.1 Å². The van der Waals surface area contributed by atoms with Crippen LogP contribution in [0.25, 0.3) is 17.3 Å². The van der Waals surface area contributed by atoms with Crippen molar-refractivity contribution in [3.63, 3.8) is 0 Å². The van der Waals surface area contributed by atoms with Crippen molar-refractivity contribution in [1.29, 1.82) is 0 Å². The van der Waals surface area contributed by atoms with Crippen LogP contribution < -0.4 is 5.32 Å². The van der Waals surface area contributed by atoms with Gasteiger partial charge in [0.15, 0.2) is 5.65 Å². The summed E-state index contributed by atoms with van der Waals surface area (Å²) in [5.74, 6) is 1.32. The standard InChI is InChI=1S/C12H12N8O2/c1-18-10(20(21)22)6-13-11(18)12-16-15-9-5-4-8(17-19(9)12)14-7-2-3-7/h4-7H,2-3H2,1H3,(H,14,17). The Morgan fingerprint density at radius 2 is 2.14 bits per heavy atom. The van der Waals surface area contributed by atoms with E-state index in [2.05, 4.69) is 25.6 Å². The minimum Gasteiger partial charge on any atom is -0.366 e. The molecule has 3 heterocycles. The summed E-state index contributed by atoms with van der Waals surface area (Å²) in [5.41, 5.74) is 0.557. The fourth-order valence-corrected chi connectivity index (χ4v) is 2.22. The monoisotopic (exact) mass is 300 g/mol. The van der Waals surface area contributed by atoms with E-state index in [1.165, 1.54) is 15.3 Å². The van der Waals surface area contributed by atoms with Gasteiger partial charge in [0.2, 0.25) is 5.82 Å². The highest BCUT2D eigenvalue weighted by Crippen LogP contribution is 2.25. The van der Waals surface area contributed by atoms with Gasteiger partial charge >= 0.3 is 5.82 Å². The van der Waals surface area contributed by atoms with E-state index in [0.29, 0.717) is 23.3 Å². The molecule has 1 aliphatic carbocycles. The van der Waals surface area contributed by atoms with Crippen LogP contribution >= 0.6 is 0 Å². The molecule has 0 aromatic carbocycles. The number of rotatable bonds is 4. The second-order valence-corrected chi connectivity index (χ2v) is 5.19. The van der Waals surface area contributed by atoms with Gasteiger partial charge in [-0.25, -0.2) is 9.55 Å². The number of nitrogens with one attached hydrogen (secondary N) is 1. The Morgan fingerprint density at radius 3 is 2.82 bits per heavy atom. The molecule has 0 amide bonds. The number of hydrogen-bond donors (Lipinski definition) is 1. The van der Waals surface area contributed by atoms with Crippen LogP contribution in [0.3, 0.4) is 0 Å². The molecule has 22 heavy (non-hydrogen) atoms. The molecule has 3 aromatic rings. The smallest absolute Gasteiger partial charge is 0.343 e. The Labute approximate surface area is 123 Å². The molecule has 4 rings (SSSR count). The highest BCUT2D eigenvalue weighted by Gasteiger charge is 2.24. The Morgan fingerprint density at radius 1 is 1.32 bits per heavy atom. The molecular weight excluding hydrogens is 288 g/mol. The van der Waals surface area contributed by atoms with E-state index >= 15 is 0 Å². The highest BCUT2D eigenvalue weighted by atomic mass is 16.6. The zero-order chi connectivity index (χ0) is 15.3. The molecule has 1 saturated carbocycles. The molecular formula is C12H12N8O2. The highest BCUT2D eigenvalue weighted by molar-refractivity contribution is 5.55. The second kappa shape index (κ2) is 4.48. The predicted octanol–water partition coefficient (Wildman–Crippen LogP) is 1.01. The van der Waals surface area contributed by atoms with Crippen molar-refractivity contribution in [2.24, 2.45) is 7.05 Å². The number of fused-ring (bicyclic) bond motifs is 1. The van der Waals surface area contributed by atoms with Gasteiger partial charge in [0.1, 0.15) is 12.0 Å². The lowest BCUT2D eigenvalue weighted by Gasteiger charge is -2.03. The zero-order valence-corrected chi connectivity index (χ0v) is 11.7. The molecule has 0 saturated heterocycles. The number of nitrogens with zero attached hydrogens (tertiary/aromatic N) is 7. The van der Waals surface area contributed by atoms with Crippen molar-refractivity contribution in [1.82, 2.24) is 29.4 Å². The summed E-state index contributed by atoms with van der Waals surface area (Å²) < 4.78 is 2.90. The van der Waals surface area contributed by atoms with E-state index in [0.717, 1.165) is 18.7 Å². The molecule has 0 radical (unpaired) electrons.